The van der Waals surface area contributed by atoms with E-state index >= 15 is 0 Å². The van der Waals surface area contributed by atoms with Crippen molar-refractivity contribution in [2.45, 2.75) is 25.7 Å². The molecule has 0 aliphatic heterocycles. The monoisotopic (exact) mass is 212 g/mol. The van der Waals surface area contributed by atoms with Crippen molar-refractivity contribution in [3.63, 3.8) is 0 Å². The second-order valence-electron chi connectivity index (χ2n) is 4.60. The number of nitrogens with zero attached hydrogens (tertiary/aromatic N) is 2. The van der Waals surface area contributed by atoms with Crippen molar-refractivity contribution in [1.82, 2.24) is 4.98 Å². The average Bonchev–Trinajstić information content (AvgIpc) is 2.79. The summed E-state index contributed by atoms with van der Waals surface area (Å²) in [5.41, 5.74) is 2.44. The number of nitriles is 1. The van der Waals surface area contributed by atoms with Crippen LogP contribution in [0, 0.1) is 24.2 Å². The number of aryl methyl sites for hydroxylation is 1. The molecule has 2 atom stereocenters. The van der Waals surface area contributed by atoms with E-state index in [1.165, 1.54) is 0 Å². The van der Waals surface area contributed by atoms with Gasteiger partial charge in [0.15, 0.2) is 11.5 Å². The number of rotatable bonds is 1. The number of hydrogen-bond acceptors (Lipinski definition) is 3. The summed E-state index contributed by atoms with van der Waals surface area (Å²) in [5.74, 6) is 1.12. The SMILES string of the molecule is Cc1nc2cc(C3(C#N)CC3C)ccc2o1. The van der Waals surface area contributed by atoms with Gasteiger partial charge >= 0.3 is 0 Å². The van der Waals surface area contributed by atoms with Gasteiger partial charge in [0, 0.05) is 6.92 Å². The second-order valence-corrected chi connectivity index (χ2v) is 4.60. The van der Waals surface area contributed by atoms with Gasteiger partial charge < -0.3 is 4.42 Å². The van der Waals surface area contributed by atoms with Gasteiger partial charge in [0.2, 0.25) is 0 Å². The van der Waals surface area contributed by atoms with E-state index in [-0.39, 0.29) is 5.41 Å². The predicted octanol–water partition coefficient (Wildman–Crippen LogP) is 2.94. The highest BCUT2D eigenvalue weighted by Gasteiger charge is 2.53. The van der Waals surface area contributed by atoms with E-state index in [1.807, 2.05) is 25.1 Å². The number of benzene rings is 1. The quantitative estimate of drug-likeness (QED) is 0.730. The van der Waals surface area contributed by atoms with Gasteiger partial charge in [-0.3, -0.25) is 0 Å². The molecule has 1 aromatic carbocycles. The molecule has 2 unspecified atom stereocenters. The number of fused-ring (bicyclic) bond motifs is 1. The van der Waals surface area contributed by atoms with E-state index in [9.17, 15) is 5.26 Å². The maximum atomic E-state index is 9.26. The third-order valence-corrected chi connectivity index (χ3v) is 3.52. The minimum Gasteiger partial charge on any atom is -0.441 e. The molecule has 0 radical (unpaired) electrons. The smallest absolute Gasteiger partial charge is 0.192 e. The molecule has 1 heterocycles. The average molecular weight is 212 g/mol. The van der Waals surface area contributed by atoms with Crippen molar-refractivity contribution in [2.24, 2.45) is 5.92 Å². The zero-order chi connectivity index (χ0) is 11.3. The third kappa shape index (κ3) is 1.10. The van der Waals surface area contributed by atoms with Gasteiger partial charge in [-0.1, -0.05) is 13.0 Å². The van der Waals surface area contributed by atoms with Crippen molar-refractivity contribution in [1.29, 1.82) is 5.26 Å². The molecule has 3 nitrogen and oxygen atoms in total. The molecule has 0 N–H and O–H groups in total. The maximum Gasteiger partial charge on any atom is 0.192 e. The molecule has 2 aromatic rings. The Bertz CT molecular complexity index is 608. The van der Waals surface area contributed by atoms with Crippen molar-refractivity contribution >= 4 is 11.1 Å². The lowest BCUT2D eigenvalue weighted by Gasteiger charge is -2.06. The van der Waals surface area contributed by atoms with E-state index in [4.69, 9.17) is 4.42 Å². The van der Waals surface area contributed by atoms with Crippen LogP contribution in [0.3, 0.4) is 0 Å². The topological polar surface area (TPSA) is 49.8 Å². The second kappa shape index (κ2) is 2.85. The van der Waals surface area contributed by atoms with E-state index < -0.39 is 0 Å². The number of oxazole rings is 1. The molecule has 0 amide bonds. The molecular formula is C13H12N2O. The van der Waals surface area contributed by atoms with Gasteiger partial charge in [-0.2, -0.15) is 5.26 Å². The van der Waals surface area contributed by atoms with Crippen LogP contribution in [-0.2, 0) is 5.41 Å². The lowest BCUT2D eigenvalue weighted by Crippen LogP contribution is -2.05. The van der Waals surface area contributed by atoms with Crippen molar-refractivity contribution < 1.29 is 4.42 Å². The zero-order valence-corrected chi connectivity index (χ0v) is 9.32. The highest BCUT2D eigenvalue weighted by molar-refractivity contribution is 5.74. The zero-order valence-electron chi connectivity index (χ0n) is 9.32. The van der Waals surface area contributed by atoms with Crippen LogP contribution < -0.4 is 0 Å². The van der Waals surface area contributed by atoms with Crippen LogP contribution in [0.2, 0.25) is 0 Å². The highest BCUT2D eigenvalue weighted by atomic mass is 16.3. The lowest BCUT2D eigenvalue weighted by atomic mass is 9.95. The molecule has 16 heavy (non-hydrogen) atoms. The van der Waals surface area contributed by atoms with Crippen LogP contribution in [0.15, 0.2) is 22.6 Å². The molecule has 1 aliphatic carbocycles. The summed E-state index contributed by atoms with van der Waals surface area (Å²) in [4.78, 5) is 4.30. The molecule has 1 saturated carbocycles. The van der Waals surface area contributed by atoms with E-state index in [1.54, 1.807) is 0 Å². The van der Waals surface area contributed by atoms with Gasteiger partial charge in [-0.25, -0.2) is 4.98 Å². The predicted molar refractivity (Wildman–Crippen MR) is 59.8 cm³/mol. The molecule has 3 rings (SSSR count). The Morgan fingerprint density at radius 2 is 2.31 bits per heavy atom. The standard InChI is InChI=1S/C13H12N2O/c1-8-6-13(8,7-14)10-3-4-12-11(5-10)15-9(2)16-12/h3-5,8H,6H2,1-2H3. The Morgan fingerprint density at radius 3 is 2.94 bits per heavy atom. The van der Waals surface area contributed by atoms with Crippen molar-refractivity contribution in [2.75, 3.05) is 0 Å². The molecule has 1 aromatic heterocycles. The summed E-state index contributed by atoms with van der Waals surface area (Å²) in [7, 11) is 0. The van der Waals surface area contributed by atoms with Gasteiger partial charge in [-0.05, 0) is 30.0 Å². The molecule has 0 bridgehead atoms. The summed E-state index contributed by atoms with van der Waals surface area (Å²) in [5, 5.41) is 9.26. The van der Waals surface area contributed by atoms with Crippen LogP contribution in [0.5, 0.6) is 0 Å². The number of aromatic nitrogens is 1. The summed E-state index contributed by atoms with van der Waals surface area (Å²) >= 11 is 0. The molecular weight excluding hydrogens is 200 g/mol. The van der Waals surface area contributed by atoms with Gasteiger partial charge in [0.1, 0.15) is 5.52 Å². The van der Waals surface area contributed by atoms with E-state index in [2.05, 4.69) is 18.0 Å². The summed E-state index contributed by atoms with van der Waals surface area (Å²) < 4.78 is 5.42. The van der Waals surface area contributed by atoms with E-state index in [0.717, 1.165) is 23.1 Å². The minimum atomic E-state index is -0.277. The highest BCUT2D eigenvalue weighted by Crippen LogP contribution is 2.53. The molecule has 0 saturated heterocycles. The van der Waals surface area contributed by atoms with Crippen LogP contribution in [0.25, 0.3) is 11.1 Å². The lowest BCUT2D eigenvalue weighted by molar-refractivity contribution is 0.561. The van der Waals surface area contributed by atoms with Gasteiger partial charge in [0.05, 0.1) is 11.5 Å². The van der Waals surface area contributed by atoms with Gasteiger partial charge in [0.25, 0.3) is 0 Å². The third-order valence-electron chi connectivity index (χ3n) is 3.52. The Balaban J connectivity index is 2.16. The van der Waals surface area contributed by atoms with E-state index in [0.29, 0.717) is 11.8 Å². The summed E-state index contributed by atoms with van der Waals surface area (Å²) in [6.45, 7) is 3.95. The van der Waals surface area contributed by atoms with Crippen LogP contribution in [-0.4, -0.2) is 4.98 Å². The summed E-state index contributed by atoms with van der Waals surface area (Å²) in [6.07, 6.45) is 0.950. The first-order valence-electron chi connectivity index (χ1n) is 5.44. The van der Waals surface area contributed by atoms with Crippen molar-refractivity contribution in [3.05, 3.63) is 29.7 Å². The molecule has 80 valence electrons. The minimum absolute atomic E-state index is 0.277. The first kappa shape index (κ1) is 9.41. The fourth-order valence-corrected chi connectivity index (χ4v) is 2.37. The van der Waals surface area contributed by atoms with Crippen LogP contribution in [0.4, 0.5) is 0 Å². The normalized spacial score (nSPS) is 27.9. The fraction of sp³-hybridized carbons (Fsp3) is 0.385. The Hall–Kier alpha value is -1.82. The molecule has 1 aliphatic rings. The Labute approximate surface area is 93.7 Å². The first-order valence-corrected chi connectivity index (χ1v) is 5.44. The molecule has 1 fully saturated rings. The number of hydrogen-bond donors (Lipinski definition) is 0. The fourth-order valence-electron chi connectivity index (χ4n) is 2.37. The van der Waals surface area contributed by atoms with Crippen molar-refractivity contribution in [3.8, 4) is 6.07 Å². The Morgan fingerprint density at radius 1 is 1.56 bits per heavy atom. The summed E-state index contributed by atoms with van der Waals surface area (Å²) in [6, 6.07) is 8.31. The maximum absolute atomic E-state index is 9.26. The molecule has 0 spiro atoms. The van der Waals surface area contributed by atoms with Crippen LogP contribution in [0.1, 0.15) is 24.8 Å². The Kier molecular flexibility index (Phi) is 1.68. The van der Waals surface area contributed by atoms with Crippen LogP contribution >= 0.6 is 0 Å². The first-order chi connectivity index (χ1) is 7.65. The van der Waals surface area contributed by atoms with Gasteiger partial charge in [-0.15, -0.1) is 0 Å². The largest absolute Gasteiger partial charge is 0.441 e. The molecule has 3 heteroatoms.